The molecule has 8 nitrogen and oxygen atoms in total. The van der Waals surface area contributed by atoms with Crippen molar-refractivity contribution >= 4 is 21.6 Å². The summed E-state index contributed by atoms with van der Waals surface area (Å²) in [7, 11) is -3.91. The van der Waals surface area contributed by atoms with Crippen molar-refractivity contribution in [1.82, 2.24) is 5.32 Å². The third-order valence-electron chi connectivity index (χ3n) is 4.90. The number of nitrogens with zero attached hydrogens (tertiary/aromatic N) is 1. The fraction of sp³-hybridized carbons (Fsp3) is 0.588. The minimum Gasteiger partial charge on any atom is -0.378 e. The average Bonchev–Trinajstić information content (AvgIpc) is 2.65. The molecule has 1 fully saturated rings. The zero-order valence-electron chi connectivity index (χ0n) is 15.3. The summed E-state index contributed by atoms with van der Waals surface area (Å²) in [6, 6.07) is 4.36. The van der Waals surface area contributed by atoms with Gasteiger partial charge in [-0.2, -0.15) is 0 Å². The lowest BCUT2D eigenvalue weighted by atomic mass is 9.94. The molecule has 0 aliphatic carbocycles. The Hall–Kier alpha value is -1.68. The zero-order valence-corrected chi connectivity index (χ0v) is 16.1. The zero-order chi connectivity index (χ0) is 19.4. The molecule has 1 heterocycles. The van der Waals surface area contributed by atoms with Crippen LogP contribution in [0.15, 0.2) is 23.1 Å². The lowest BCUT2D eigenvalue weighted by Crippen LogP contribution is -2.49. The fourth-order valence-electron chi connectivity index (χ4n) is 2.81. The summed E-state index contributed by atoms with van der Waals surface area (Å²) < 4.78 is 28.7. The van der Waals surface area contributed by atoms with Gasteiger partial charge in [-0.3, -0.25) is 4.79 Å². The molecule has 0 radical (unpaired) electrons. The van der Waals surface area contributed by atoms with Crippen LogP contribution in [-0.2, 0) is 14.8 Å². The van der Waals surface area contributed by atoms with Crippen molar-refractivity contribution in [2.45, 2.75) is 37.1 Å². The van der Waals surface area contributed by atoms with Crippen LogP contribution in [0.4, 0.5) is 5.69 Å². The number of carbonyl (C=O) groups excluding carboxylic acids is 1. The van der Waals surface area contributed by atoms with Crippen LogP contribution in [0.25, 0.3) is 0 Å². The van der Waals surface area contributed by atoms with E-state index in [1.165, 1.54) is 12.1 Å². The number of benzene rings is 1. The number of rotatable bonds is 7. The van der Waals surface area contributed by atoms with Gasteiger partial charge in [0.05, 0.1) is 23.7 Å². The highest BCUT2D eigenvalue weighted by Gasteiger charge is 2.25. The standard InChI is InChI=1S/C17H28N4O4S/c1-3-17(18,4-2)12-20-16(22)14-11-13(26(19,23)24)5-6-15(14)21-7-9-25-10-8-21/h5-6,11H,3-4,7-10,12,18H2,1-2H3,(H,20,22)(H2,19,23,24). The summed E-state index contributed by atoms with van der Waals surface area (Å²) in [4.78, 5) is 14.7. The Kier molecular flexibility index (Phi) is 6.62. The Morgan fingerprint density at radius 2 is 1.88 bits per heavy atom. The summed E-state index contributed by atoms with van der Waals surface area (Å²) >= 11 is 0. The number of primary sulfonamides is 1. The highest BCUT2D eigenvalue weighted by Crippen LogP contribution is 2.25. The molecular formula is C17H28N4O4S. The smallest absolute Gasteiger partial charge is 0.253 e. The first-order chi connectivity index (χ1) is 12.2. The van der Waals surface area contributed by atoms with Crippen LogP contribution in [0.5, 0.6) is 0 Å². The second kappa shape index (κ2) is 8.34. The Labute approximate surface area is 154 Å². The van der Waals surface area contributed by atoms with Crippen LogP contribution in [0, 0.1) is 0 Å². The largest absolute Gasteiger partial charge is 0.378 e. The van der Waals surface area contributed by atoms with E-state index in [0.29, 0.717) is 38.5 Å². The van der Waals surface area contributed by atoms with Crippen LogP contribution in [0.1, 0.15) is 37.0 Å². The number of nitrogens with one attached hydrogen (secondary N) is 1. The number of amides is 1. The van der Waals surface area contributed by atoms with Gasteiger partial charge in [0.25, 0.3) is 5.91 Å². The van der Waals surface area contributed by atoms with E-state index in [9.17, 15) is 13.2 Å². The molecule has 26 heavy (non-hydrogen) atoms. The van der Waals surface area contributed by atoms with Gasteiger partial charge in [0, 0.05) is 30.9 Å². The van der Waals surface area contributed by atoms with E-state index in [1.54, 1.807) is 6.07 Å². The molecule has 2 rings (SSSR count). The summed E-state index contributed by atoms with van der Waals surface area (Å²) in [6.07, 6.45) is 1.44. The third-order valence-corrected chi connectivity index (χ3v) is 5.81. The van der Waals surface area contributed by atoms with Crippen LogP contribution >= 0.6 is 0 Å². The lowest BCUT2D eigenvalue weighted by molar-refractivity contribution is 0.0940. The summed E-state index contributed by atoms with van der Waals surface area (Å²) in [5.74, 6) is -0.367. The van der Waals surface area contributed by atoms with Gasteiger partial charge in [-0.15, -0.1) is 0 Å². The van der Waals surface area contributed by atoms with Crippen molar-refractivity contribution in [3.63, 3.8) is 0 Å². The monoisotopic (exact) mass is 384 g/mol. The molecule has 0 saturated carbocycles. The average molecular weight is 385 g/mol. The summed E-state index contributed by atoms with van der Waals surface area (Å²) in [5.41, 5.74) is 6.68. The molecule has 1 aromatic carbocycles. The maximum absolute atomic E-state index is 12.8. The molecule has 0 aromatic heterocycles. The molecule has 146 valence electrons. The normalized spacial score (nSPS) is 15.8. The molecule has 1 saturated heterocycles. The van der Waals surface area contributed by atoms with Gasteiger partial charge in [0.1, 0.15) is 0 Å². The predicted octanol–water partition coefficient (Wildman–Crippen LogP) is 0.418. The number of hydrogen-bond donors (Lipinski definition) is 3. The molecule has 0 bridgehead atoms. The third kappa shape index (κ3) is 4.94. The molecule has 9 heteroatoms. The first-order valence-corrected chi connectivity index (χ1v) is 10.3. The van der Waals surface area contributed by atoms with Gasteiger partial charge in [-0.1, -0.05) is 13.8 Å². The Bertz CT molecular complexity index is 741. The lowest BCUT2D eigenvalue weighted by Gasteiger charge is -2.31. The maximum Gasteiger partial charge on any atom is 0.253 e. The Morgan fingerprint density at radius 3 is 2.42 bits per heavy atom. The molecule has 0 unspecified atom stereocenters. The van der Waals surface area contributed by atoms with E-state index in [2.05, 4.69) is 5.32 Å². The number of ether oxygens (including phenoxy) is 1. The van der Waals surface area contributed by atoms with Gasteiger partial charge in [-0.05, 0) is 31.0 Å². The van der Waals surface area contributed by atoms with Crippen molar-refractivity contribution in [2.75, 3.05) is 37.7 Å². The first-order valence-electron chi connectivity index (χ1n) is 8.77. The molecule has 0 atom stereocenters. The van der Waals surface area contributed by atoms with E-state index in [-0.39, 0.29) is 16.4 Å². The first kappa shape index (κ1) is 20.6. The van der Waals surface area contributed by atoms with E-state index in [4.69, 9.17) is 15.6 Å². The van der Waals surface area contributed by atoms with Crippen molar-refractivity contribution < 1.29 is 17.9 Å². The molecule has 1 amide bonds. The van der Waals surface area contributed by atoms with Crippen LogP contribution in [-0.4, -0.2) is 52.7 Å². The highest BCUT2D eigenvalue weighted by atomic mass is 32.2. The second-order valence-corrected chi connectivity index (χ2v) is 8.14. The van der Waals surface area contributed by atoms with Crippen molar-refractivity contribution in [3.05, 3.63) is 23.8 Å². The number of morpholine rings is 1. The van der Waals surface area contributed by atoms with Crippen molar-refractivity contribution in [3.8, 4) is 0 Å². The number of hydrogen-bond acceptors (Lipinski definition) is 6. The molecule has 0 spiro atoms. The molecule has 1 aromatic rings. The van der Waals surface area contributed by atoms with E-state index >= 15 is 0 Å². The minimum absolute atomic E-state index is 0.0929. The number of sulfonamides is 1. The number of nitrogens with two attached hydrogens (primary N) is 2. The van der Waals surface area contributed by atoms with Crippen LogP contribution in [0.2, 0.25) is 0 Å². The number of carbonyl (C=O) groups is 1. The molecule has 1 aliphatic rings. The van der Waals surface area contributed by atoms with Crippen molar-refractivity contribution in [2.24, 2.45) is 10.9 Å². The van der Waals surface area contributed by atoms with E-state index in [1.807, 2.05) is 18.7 Å². The fourth-order valence-corrected chi connectivity index (χ4v) is 3.35. The highest BCUT2D eigenvalue weighted by molar-refractivity contribution is 7.89. The second-order valence-electron chi connectivity index (χ2n) is 6.58. The van der Waals surface area contributed by atoms with Gasteiger partial charge in [0.15, 0.2) is 0 Å². The predicted molar refractivity (Wildman–Crippen MR) is 101 cm³/mol. The van der Waals surface area contributed by atoms with Crippen LogP contribution in [0.3, 0.4) is 0 Å². The van der Waals surface area contributed by atoms with Gasteiger partial charge >= 0.3 is 0 Å². The van der Waals surface area contributed by atoms with Gasteiger partial charge < -0.3 is 20.7 Å². The molecular weight excluding hydrogens is 356 g/mol. The van der Waals surface area contributed by atoms with E-state index < -0.39 is 15.6 Å². The Balaban J connectivity index is 2.34. The van der Waals surface area contributed by atoms with Crippen molar-refractivity contribution in [1.29, 1.82) is 0 Å². The Morgan fingerprint density at radius 1 is 1.27 bits per heavy atom. The van der Waals surface area contributed by atoms with E-state index in [0.717, 1.165) is 12.8 Å². The molecule has 1 aliphatic heterocycles. The topological polar surface area (TPSA) is 128 Å². The minimum atomic E-state index is -3.91. The number of anilines is 1. The maximum atomic E-state index is 12.8. The molecule has 5 N–H and O–H groups in total. The van der Waals surface area contributed by atoms with Crippen LogP contribution < -0.4 is 21.1 Å². The summed E-state index contributed by atoms with van der Waals surface area (Å²) in [6.45, 7) is 6.60. The van der Waals surface area contributed by atoms with Gasteiger partial charge in [-0.25, -0.2) is 13.6 Å². The SMILES string of the molecule is CCC(N)(CC)CNC(=O)c1cc(S(N)(=O)=O)ccc1N1CCOCC1. The summed E-state index contributed by atoms with van der Waals surface area (Å²) in [5, 5.41) is 8.07. The quantitative estimate of drug-likeness (QED) is 0.625. The van der Waals surface area contributed by atoms with Gasteiger partial charge in [0.2, 0.25) is 10.0 Å².